The third-order valence-corrected chi connectivity index (χ3v) is 2.71. The summed E-state index contributed by atoms with van der Waals surface area (Å²) in [6, 6.07) is 8.16. The topological polar surface area (TPSA) is 48.1 Å². The molecular formula is C13H10ClF3N2O. The van der Waals surface area contributed by atoms with E-state index in [1.807, 2.05) is 0 Å². The summed E-state index contributed by atoms with van der Waals surface area (Å²) >= 11 is 5.82. The van der Waals surface area contributed by atoms with Gasteiger partial charge in [0.2, 0.25) is 5.88 Å². The van der Waals surface area contributed by atoms with Crippen molar-refractivity contribution in [2.45, 2.75) is 12.7 Å². The molecule has 0 saturated carbocycles. The highest BCUT2D eigenvalue weighted by Gasteiger charge is 2.32. The molecule has 0 atom stereocenters. The Morgan fingerprint density at radius 2 is 1.95 bits per heavy atom. The Kier molecular flexibility index (Phi) is 4.15. The Labute approximate surface area is 118 Å². The molecule has 2 N–H and O–H groups in total. The van der Waals surface area contributed by atoms with E-state index in [1.165, 1.54) is 18.2 Å². The van der Waals surface area contributed by atoms with E-state index in [-0.39, 0.29) is 18.2 Å². The lowest BCUT2D eigenvalue weighted by molar-refractivity contribution is -0.141. The molecule has 0 unspecified atom stereocenters. The summed E-state index contributed by atoms with van der Waals surface area (Å²) in [5.74, 6) is 0.114. The average Bonchev–Trinajstić information content (AvgIpc) is 2.38. The maximum atomic E-state index is 12.6. The number of hydrogen-bond acceptors (Lipinski definition) is 3. The number of rotatable bonds is 3. The van der Waals surface area contributed by atoms with Gasteiger partial charge in [0, 0.05) is 23.2 Å². The van der Waals surface area contributed by atoms with E-state index in [0.29, 0.717) is 10.6 Å². The van der Waals surface area contributed by atoms with Crippen LogP contribution in [0.2, 0.25) is 5.02 Å². The molecule has 1 heterocycles. The van der Waals surface area contributed by atoms with Crippen molar-refractivity contribution in [3.05, 3.63) is 52.7 Å². The molecule has 0 aliphatic rings. The van der Waals surface area contributed by atoms with E-state index in [4.69, 9.17) is 22.1 Å². The molecule has 0 radical (unpaired) electrons. The monoisotopic (exact) mass is 302 g/mol. The SMILES string of the molecule is NCc1ccc(Cl)cc1Oc1cccc(C(F)(F)F)n1. The lowest BCUT2D eigenvalue weighted by Gasteiger charge is -2.11. The van der Waals surface area contributed by atoms with Crippen molar-refractivity contribution in [2.75, 3.05) is 0 Å². The van der Waals surface area contributed by atoms with Gasteiger partial charge in [-0.15, -0.1) is 0 Å². The number of nitrogens with two attached hydrogens (primary N) is 1. The van der Waals surface area contributed by atoms with Gasteiger partial charge in [0.15, 0.2) is 0 Å². The first-order chi connectivity index (χ1) is 9.40. The first-order valence-electron chi connectivity index (χ1n) is 5.61. The maximum Gasteiger partial charge on any atom is 0.433 e. The number of aromatic nitrogens is 1. The molecule has 20 heavy (non-hydrogen) atoms. The van der Waals surface area contributed by atoms with Crippen molar-refractivity contribution >= 4 is 11.6 Å². The highest BCUT2D eigenvalue weighted by molar-refractivity contribution is 6.30. The van der Waals surface area contributed by atoms with Crippen LogP contribution in [0.15, 0.2) is 36.4 Å². The second-order valence-corrected chi connectivity index (χ2v) is 4.35. The van der Waals surface area contributed by atoms with E-state index < -0.39 is 11.9 Å². The van der Waals surface area contributed by atoms with Gasteiger partial charge in [0.1, 0.15) is 11.4 Å². The van der Waals surface area contributed by atoms with Gasteiger partial charge in [0.25, 0.3) is 0 Å². The smallest absolute Gasteiger partial charge is 0.433 e. The van der Waals surface area contributed by atoms with Crippen molar-refractivity contribution in [2.24, 2.45) is 5.73 Å². The van der Waals surface area contributed by atoms with E-state index >= 15 is 0 Å². The van der Waals surface area contributed by atoms with Gasteiger partial charge in [-0.1, -0.05) is 23.7 Å². The Morgan fingerprint density at radius 1 is 1.20 bits per heavy atom. The van der Waals surface area contributed by atoms with Crippen LogP contribution in [-0.2, 0) is 12.7 Å². The quantitative estimate of drug-likeness (QED) is 0.932. The van der Waals surface area contributed by atoms with Crippen LogP contribution in [0.5, 0.6) is 11.6 Å². The molecule has 106 valence electrons. The van der Waals surface area contributed by atoms with Crippen LogP contribution in [0.4, 0.5) is 13.2 Å². The zero-order valence-electron chi connectivity index (χ0n) is 10.1. The number of alkyl halides is 3. The van der Waals surface area contributed by atoms with Crippen LogP contribution in [0.3, 0.4) is 0 Å². The van der Waals surface area contributed by atoms with E-state index in [1.54, 1.807) is 12.1 Å². The number of ether oxygens (including phenoxy) is 1. The fourth-order valence-corrected chi connectivity index (χ4v) is 1.70. The maximum absolute atomic E-state index is 12.6. The molecule has 3 nitrogen and oxygen atoms in total. The Hall–Kier alpha value is -1.79. The summed E-state index contributed by atoms with van der Waals surface area (Å²) in [5, 5.41) is 0.393. The van der Waals surface area contributed by atoms with Crippen LogP contribution >= 0.6 is 11.6 Å². The summed E-state index contributed by atoms with van der Waals surface area (Å²) < 4.78 is 43.0. The highest BCUT2D eigenvalue weighted by atomic mass is 35.5. The molecule has 0 aliphatic carbocycles. The molecule has 0 bridgehead atoms. The predicted molar refractivity (Wildman–Crippen MR) is 68.7 cm³/mol. The molecule has 0 spiro atoms. The minimum absolute atomic E-state index is 0.170. The Balaban J connectivity index is 2.33. The molecule has 0 amide bonds. The van der Waals surface area contributed by atoms with Crippen LogP contribution in [0, 0.1) is 0 Å². The van der Waals surface area contributed by atoms with Crippen molar-refractivity contribution in [1.29, 1.82) is 0 Å². The number of halogens is 4. The fraction of sp³-hybridized carbons (Fsp3) is 0.154. The van der Waals surface area contributed by atoms with Gasteiger partial charge in [-0.25, -0.2) is 4.98 Å². The Morgan fingerprint density at radius 3 is 2.60 bits per heavy atom. The van der Waals surface area contributed by atoms with E-state index in [0.717, 1.165) is 6.07 Å². The number of benzene rings is 1. The minimum atomic E-state index is -4.52. The zero-order chi connectivity index (χ0) is 14.8. The predicted octanol–water partition coefficient (Wildman–Crippen LogP) is 4.00. The van der Waals surface area contributed by atoms with Crippen molar-refractivity contribution in [3.63, 3.8) is 0 Å². The van der Waals surface area contributed by atoms with Gasteiger partial charge in [-0.2, -0.15) is 13.2 Å². The van der Waals surface area contributed by atoms with Crippen LogP contribution in [0.25, 0.3) is 0 Å². The lowest BCUT2D eigenvalue weighted by Crippen LogP contribution is -2.08. The molecule has 0 fully saturated rings. The molecule has 7 heteroatoms. The van der Waals surface area contributed by atoms with Gasteiger partial charge in [-0.3, -0.25) is 0 Å². The molecule has 2 rings (SSSR count). The van der Waals surface area contributed by atoms with Crippen molar-refractivity contribution in [3.8, 4) is 11.6 Å². The van der Waals surface area contributed by atoms with Gasteiger partial charge in [-0.05, 0) is 18.2 Å². The fourth-order valence-electron chi connectivity index (χ4n) is 1.53. The molecular weight excluding hydrogens is 293 g/mol. The summed E-state index contributed by atoms with van der Waals surface area (Å²) in [7, 11) is 0. The van der Waals surface area contributed by atoms with Gasteiger partial charge in [0.05, 0.1) is 0 Å². The lowest BCUT2D eigenvalue weighted by atomic mass is 10.2. The average molecular weight is 303 g/mol. The number of nitrogens with zero attached hydrogens (tertiary/aromatic N) is 1. The molecule has 1 aromatic heterocycles. The van der Waals surface area contributed by atoms with Gasteiger partial charge >= 0.3 is 6.18 Å². The molecule has 2 aromatic rings. The second kappa shape index (κ2) is 5.68. The first-order valence-corrected chi connectivity index (χ1v) is 5.98. The summed E-state index contributed by atoms with van der Waals surface area (Å²) in [6.45, 7) is 0.172. The van der Waals surface area contributed by atoms with Gasteiger partial charge < -0.3 is 10.5 Å². The molecule has 0 saturated heterocycles. The summed E-state index contributed by atoms with van der Waals surface area (Å²) in [6.07, 6.45) is -4.52. The van der Waals surface area contributed by atoms with E-state index in [2.05, 4.69) is 4.98 Å². The molecule has 1 aromatic carbocycles. The van der Waals surface area contributed by atoms with Crippen molar-refractivity contribution < 1.29 is 17.9 Å². The largest absolute Gasteiger partial charge is 0.439 e. The van der Waals surface area contributed by atoms with E-state index in [9.17, 15) is 13.2 Å². The number of hydrogen-bond donors (Lipinski definition) is 1. The standard InChI is InChI=1S/C13H10ClF3N2O/c14-9-5-4-8(7-18)10(6-9)20-12-3-1-2-11(19-12)13(15,16)17/h1-6H,7,18H2. The van der Waals surface area contributed by atoms with Crippen LogP contribution < -0.4 is 10.5 Å². The first kappa shape index (κ1) is 14.6. The minimum Gasteiger partial charge on any atom is -0.439 e. The van der Waals surface area contributed by atoms with Crippen LogP contribution in [0.1, 0.15) is 11.3 Å². The Bertz CT molecular complexity index is 617. The zero-order valence-corrected chi connectivity index (χ0v) is 10.9. The highest BCUT2D eigenvalue weighted by Crippen LogP contribution is 2.31. The number of pyridine rings is 1. The summed E-state index contributed by atoms with van der Waals surface area (Å²) in [5.41, 5.74) is 5.13. The second-order valence-electron chi connectivity index (χ2n) is 3.92. The van der Waals surface area contributed by atoms with Crippen molar-refractivity contribution in [1.82, 2.24) is 4.98 Å². The summed E-state index contributed by atoms with van der Waals surface area (Å²) in [4.78, 5) is 3.41. The third-order valence-electron chi connectivity index (χ3n) is 2.48. The normalized spacial score (nSPS) is 11.4. The third kappa shape index (κ3) is 3.40. The van der Waals surface area contributed by atoms with Crippen LogP contribution in [-0.4, -0.2) is 4.98 Å². The molecule has 0 aliphatic heterocycles.